The number of alkyl halides is 1. The zero-order valence-electron chi connectivity index (χ0n) is 6.73. The third-order valence-corrected chi connectivity index (χ3v) is 2.48. The van der Waals surface area contributed by atoms with Crippen molar-refractivity contribution in [3.05, 3.63) is 12.2 Å². The summed E-state index contributed by atoms with van der Waals surface area (Å²) in [6.45, 7) is 7.93. The van der Waals surface area contributed by atoms with Crippen molar-refractivity contribution in [2.45, 2.75) is 32.9 Å². The van der Waals surface area contributed by atoms with Gasteiger partial charge in [-0.1, -0.05) is 26.0 Å². The molecule has 1 saturated carbocycles. The van der Waals surface area contributed by atoms with E-state index in [0.717, 1.165) is 6.42 Å². The highest BCUT2D eigenvalue weighted by Gasteiger charge is 2.26. The monoisotopic (exact) mass is 142 g/mol. The Kier molecular flexibility index (Phi) is 2.12. The Labute approximate surface area is 62.1 Å². The zero-order valence-corrected chi connectivity index (χ0v) is 6.73. The van der Waals surface area contributed by atoms with E-state index in [1.807, 2.05) is 6.92 Å². The van der Waals surface area contributed by atoms with Crippen molar-refractivity contribution in [1.82, 2.24) is 0 Å². The number of hydrogen-bond acceptors (Lipinski definition) is 0. The van der Waals surface area contributed by atoms with Crippen LogP contribution in [-0.4, -0.2) is 6.17 Å². The first-order valence-corrected chi connectivity index (χ1v) is 3.93. The molecule has 3 unspecified atom stereocenters. The van der Waals surface area contributed by atoms with Crippen molar-refractivity contribution in [1.29, 1.82) is 0 Å². The lowest BCUT2D eigenvalue weighted by Crippen LogP contribution is -2.24. The summed E-state index contributed by atoms with van der Waals surface area (Å²) < 4.78 is 13.0. The molecule has 0 radical (unpaired) electrons. The van der Waals surface area contributed by atoms with Gasteiger partial charge in [-0.2, -0.15) is 0 Å². The number of allylic oxidation sites excluding steroid dienone is 1. The fraction of sp³-hybridized carbons (Fsp3) is 0.778. The van der Waals surface area contributed by atoms with Gasteiger partial charge < -0.3 is 0 Å². The smallest absolute Gasteiger partial charge is 0.104 e. The molecule has 1 rings (SSSR count). The molecule has 0 aromatic heterocycles. The van der Waals surface area contributed by atoms with Crippen LogP contribution in [0.1, 0.15) is 26.7 Å². The normalized spacial score (nSPS) is 41.9. The minimum absolute atomic E-state index is 0.198. The summed E-state index contributed by atoms with van der Waals surface area (Å²) in [6, 6.07) is 0. The summed E-state index contributed by atoms with van der Waals surface area (Å²) in [6.07, 6.45) is 0.961. The Morgan fingerprint density at radius 2 is 2.10 bits per heavy atom. The van der Waals surface area contributed by atoms with Crippen molar-refractivity contribution >= 4 is 0 Å². The molecular weight excluding hydrogens is 127 g/mol. The lowest BCUT2D eigenvalue weighted by atomic mass is 9.79. The van der Waals surface area contributed by atoms with Gasteiger partial charge in [-0.3, -0.25) is 0 Å². The molecule has 1 fully saturated rings. The van der Waals surface area contributed by atoms with Crippen LogP contribution in [0.25, 0.3) is 0 Å². The van der Waals surface area contributed by atoms with Crippen molar-refractivity contribution in [3.8, 4) is 0 Å². The summed E-state index contributed by atoms with van der Waals surface area (Å²) in [5.74, 6) is 0.592. The van der Waals surface area contributed by atoms with E-state index in [2.05, 4.69) is 13.5 Å². The third-order valence-electron chi connectivity index (χ3n) is 2.48. The molecule has 1 aliphatic rings. The van der Waals surface area contributed by atoms with E-state index in [-0.39, 0.29) is 5.92 Å². The second-order valence-corrected chi connectivity index (χ2v) is 3.49. The maximum atomic E-state index is 13.0. The summed E-state index contributed by atoms with van der Waals surface area (Å²) >= 11 is 0. The van der Waals surface area contributed by atoms with Crippen molar-refractivity contribution in [3.63, 3.8) is 0 Å². The summed E-state index contributed by atoms with van der Waals surface area (Å²) in [4.78, 5) is 0. The van der Waals surface area contributed by atoms with E-state index < -0.39 is 6.17 Å². The summed E-state index contributed by atoms with van der Waals surface area (Å²) in [7, 11) is 0. The Morgan fingerprint density at radius 3 is 2.60 bits per heavy atom. The zero-order chi connectivity index (χ0) is 7.72. The number of hydrogen-bond donors (Lipinski definition) is 0. The van der Waals surface area contributed by atoms with Crippen LogP contribution < -0.4 is 0 Å². The topological polar surface area (TPSA) is 0 Å². The Hall–Kier alpha value is -0.330. The van der Waals surface area contributed by atoms with E-state index >= 15 is 0 Å². The maximum Gasteiger partial charge on any atom is 0.104 e. The molecule has 3 atom stereocenters. The molecule has 1 heteroatoms. The average molecular weight is 142 g/mol. The molecule has 0 nitrogen and oxygen atoms in total. The second-order valence-electron chi connectivity index (χ2n) is 3.49. The standard InChI is InChI=1S/C9H15F/c1-6-4-8(3)9(10)5-7(6)2/h7-9H,1,4-5H2,2-3H3. The van der Waals surface area contributed by atoms with Crippen LogP contribution in [0, 0.1) is 11.8 Å². The summed E-state index contributed by atoms with van der Waals surface area (Å²) in [5, 5.41) is 0. The van der Waals surface area contributed by atoms with E-state index in [0.29, 0.717) is 12.3 Å². The lowest BCUT2D eigenvalue weighted by molar-refractivity contribution is 0.179. The van der Waals surface area contributed by atoms with Crippen LogP contribution in [0.5, 0.6) is 0 Å². The van der Waals surface area contributed by atoms with E-state index in [4.69, 9.17) is 0 Å². The quantitative estimate of drug-likeness (QED) is 0.456. The lowest BCUT2D eigenvalue weighted by Gasteiger charge is -2.29. The van der Waals surface area contributed by atoms with Crippen LogP contribution in [-0.2, 0) is 0 Å². The molecule has 1 aliphatic carbocycles. The SMILES string of the molecule is C=C1CC(C)C(F)CC1C. The molecule has 0 aromatic carbocycles. The fourth-order valence-electron chi connectivity index (χ4n) is 1.48. The first-order valence-electron chi connectivity index (χ1n) is 3.93. The van der Waals surface area contributed by atoms with Gasteiger partial charge in [0.05, 0.1) is 0 Å². The van der Waals surface area contributed by atoms with Gasteiger partial charge in [0.25, 0.3) is 0 Å². The van der Waals surface area contributed by atoms with Crippen molar-refractivity contribution < 1.29 is 4.39 Å². The largest absolute Gasteiger partial charge is 0.247 e. The first kappa shape index (κ1) is 7.77. The third kappa shape index (κ3) is 1.39. The van der Waals surface area contributed by atoms with Crippen LogP contribution >= 0.6 is 0 Å². The van der Waals surface area contributed by atoms with Gasteiger partial charge in [0, 0.05) is 0 Å². The Bertz CT molecular complexity index is 140. The van der Waals surface area contributed by atoms with Crippen LogP contribution in [0.4, 0.5) is 4.39 Å². The molecule has 0 spiro atoms. The van der Waals surface area contributed by atoms with E-state index in [1.165, 1.54) is 5.57 Å². The Morgan fingerprint density at radius 1 is 1.50 bits per heavy atom. The predicted molar refractivity (Wildman–Crippen MR) is 41.6 cm³/mol. The molecule has 0 saturated heterocycles. The van der Waals surface area contributed by atoms with E-state index in [9.17, 15) is 4.39 Å². The van der Waals surface area contributed by atoms with Gasteiger partial charge in [-0.15, -0.1) is 0 Å². The van der Waals surface area contributed by atoms with Crippen molar-refractivity contribution in [2.24, 2.45) is 11.8 Å². The molecule has 0 heterocycles. The van der Waals surface area contributed by atoms with Gasteiger partial charge in [0.1, 0.15) is 6.17 Å². The second kappa shape index (κ2) is 2.73. The Balaban J connectivity index is 2.54. The molecule has 58 valence electrons. The molecular formula is C9H15F. The molecule has 0 N–H and O–H groups in total. The molecule has 10 heavy (non-hydrogen) atoms. The van der Waals surface area contributed by atoms with Crippen molar-refractivity contribution in [2.75, 3.05) is 0 Å². The van der Waals surface area contributed by atoms with Crippen LogP contribution in [0.2, 0.25) is 0 Å². The van der Waals surface area contributed by atoms with Gasteiger partial charge in [0.2, 0.25) is 0 Å². The summed E-state index contributed by atoms with van der Waals surface area (Å²) in [5.41, 5.74) is 1.22. The highest BCUT2D eigenvalue weighted by Crippen LogP contribution is 2.33. The minimum Gasteiger partial charge on any atom is -0.247 e. The molecule has 0 aliphatic heterocycles. The molecule has 0 bridgehead atoms. The molecule has 0 amide bonds. The first-order chi connectivity index (χ1) is 4.61. The number of halogens is 1. The maximum absolute atomic E-state index is 13.0. The minimum atomic E-state index is -0.597. The predicted octanol–water partition coefficient (Wildman–Crippen LogP) is 2.95. The highest BCUT2D eigenvalue weighted by atomic mass is 19.1. The van der Waals surface area contributed by atoms with Crippen LogP contribution in [0.3, 0.4) is 0 Å². The fourth-order valence-corrected chi connectivity index (χ4v) is 1.48. The number of rotatable bonds is 0. The van der Waals surface area contributed by atoms with Crippen LogP contribution in [0.15, 0.2) is 12.2 Å². The van der Waals surface area contributed by atoms with Gasteiger partial charge in [-0.25, -0.2) is 4.39 Å². The highest BCUT2D eigenvalue weighted by molar-refractivity contribution is 5.05. The van der Waals surface area contributed by atoms with Gasteiger partial charge in [0.15, 0.2) is 0 Å². The molecule has 0 aromatic rings. The van der Waals surface area contributed by atoms with Gasteiger partial charge in [-0.05, 0) is 24.7 Å². The van der Waals surface area contributed by atoms with Gasteiger partial charge >= 0.3 is 0 Å². The van der Waals surface area contributed by atoms with E-state index in [1.54, 1.807) is 0 Å². The average Bonchev–Trinajstić information content (AvgIpc) is 1.84.